The van der Waals surface area contributed by atoms with Crippen molar-refractivity contribution in [2.24, 2.45) is 0 Å². The number of hydrogen-bond acceptors (Lipinski definition) is 5. The number of benzene rings is 1. The average Bonchev–Trinajstić information content (AvgIpc) is 3.42. The maximum atomic E-state index is 13.4. The number of nitrogens with one attached hydrogen (secondary N) is 1. The van der Waals surface area contributed by atoms with Crippen LogP contribution in [0.15, 0.2) is 53.1 Å². The molecule has 150 valence electrons. The van der Waals surface area contributed by atoms with E-state index in [9.17, 15) is 9.59 Å². The van der Waals surface area contributed by atoms with Gasteiger partial charge < -0.3 is 14.6 Å². The Bertz CT molecular complexity index is 982. The molecule has 1 unspecified atom stereocenters. The summed E-state index contributed by atoms with van der Waals surface area (Å²) < 4.78 is 5.15. The molecule has 2 amide bonds. The first-order valence-electron chi connectivity index (χ1n) is 9.79. The van der Waals surface area contributed by atoms with E-state index in [1.807, 2.05) is 42.2 Å². The van der Waals surface area contributed by atoms with E-state index in [1.54, 1.807) is 12.1 Å². The van der Waals surface area contributed by atoms with E-state index in [1.165, 1.54) is 17.6 Å². The SMILES string of the molecule is Cc1nc(C(=O)N2CCCCC2CNC(=O)c2ccco2)c(-c2ccccc2)s1. The molecule has 4 rings (SSSR count). The predicted molar refractivity (Wildman–Crippen MR) is 112 cm³/mol. The van der Waals surface area contributed by atoms with Crippen molar-refractivity contribution in [3.63, 3.8) is 0 Å². The number of thiazole rings is 1. The van der Waals surface area contributed by atoms with Gasteiger partial charge in [-0.2, -0.15) is 0 Å². The zero-order valence-corrected chi connectivity index (χ0v) is 17.1. The van der Waals surface area contributed by atoms with Crippen molar-refractivity contribution in [2.75, 3.05) is 13.1 Å². The van der Waals surface area contributed by atoms with Crippen LogP contribution in [0, 0.1) is 6.92 Å². The van der Waals surface area contributed by atoms with Gasteiger partial charge in [-0.05, 0) is 43.9 Å². The zero-order chi connectivity index (χ0) is 20.2. The molecule has 1 fully saturated rings. The van der Waals surface area contributed by atoms with Crippen LogP contribution in [0.5, 0.6) is 0 Å². The van der Waals surface area contributed by atoms with Crippen molar-refractivity contribution >= 4 is 23.2 Å². The molecule has 1 atom stereocenters. The zero-order valence-electron chi connectivity index (χ0n) is 16.3. The first kappa shape index (κ1) is 19.4. The minimum Gasteiger partial charge on any atom is -0.459 e. The standard InChI is InChI=1S/C22H23N3O3S/c1-15-24-19(20(29-15)16-8-3-2-4-9-16)22(27)25-12-6-5-10-17(25)14-23-21(26)18-11-7-13-28-18/h2-4,7-9,11,13,17H,5-6,10,12,14H2,1H3,(H,23,26). The summed E-state index contributed by atoms with van der Waals surface area (Å²) in [4.78, 5) is 33.0. The highest BCUT2D eigenvalue weighted by Crippen LogP contribution is 2.32. The third-order valence-corrected chi connectivity index (χ3v) is 6.12. The van der Waals surface area contributed by atoms with Crippen molar-refractivity contribution in [1.82, 2.24) is 15.2 Å². The van der Waals surface area contributed by atoms with Gasteiger partial charge in [-0.15, -0.1) is 11.3 Å². The summed E-state index contributed by atoms with van der Waals surface area (Å²) in [6, 6.07) is 13.1. The number of nitrogens with zero attached hydrogens (tertiary/aromatic N) is 2. The van der Waals surface area contributed by atoms with Crippen LogP contribution in [-0.4, -0.2) is 40.8 Å². The molecule has 1 aliphatic rings. The highest BCUT2D eigenvalue weighted by Gasteiger charge is 2.31. The Balaban J connectivity index is 1.53. The molecule has 0 spiro atoms. The molecule has 1 aromatic carbocycles. The van der Waals surface area contributed by atoms with Crippen LogP contribution in [0.4, 0.5) is 0 Å². The van der Waals surface area contributed by atoms with Crippen molar-refractivity contribution in [2.45, 2.75) is 32.2 Å². The van der Waals surface area contributed by atoms with E-state index < -0.39 is 0 Å². The van der Waals surface area contributed by atoms with Gasteiger partial charge in [0.25, 0.3) is 11.8 Å². The largest absolute Gasteiger partial charge is 0.459 e. The number of hydrogen-bond donors (Lipinski definition) is 1. The molecule has 7 heteroatoms. The number of aromatic nitrogens is 1. The molecule has 0 bridgehead atoms. The lowest BCUT2D eigenvalue weighted by Crippen LogP contribution is -2.49. The van der Waals surface area contributed by atoms with Crippen LogP contribution >= 0.6 is 11.3 Å². The smallest absolute Gasteiger partial charge is 0.287 e. The maximum Gasteiger partial charge on any atom is 0.287 e. The monoisotopic (exact) mass is 409 g/mol. The second-order valence-electron chi connectivity index (χ2n) is 7.11. The fourth-order valence-electron chi connectivity index (χ4n) is 3.68. The molecule has 0 aliphatic carbocycles. The molecular formula is C22H23N3O3S. The molecule has 3 aromatic rings. The van der Waals surface area contributed by atoms with Crippen LogP contribution in [0.2, 0.25) is 0 Å². The highest BCUT2D eigenvalue weighted by atomic mass is 32.1. The van der Waals surface area contributed by atoms with Gasteiger partial charge in [-0.1, -0.05) is 30.3 Å². The Morgan fingerprint density at radius 2 is 2.03 bits per heavy atom. The van der Waals surface area contributed by atoms with Gasteiger partial charge in [0, 0.05) is 19.1 Å². The Morgan fingerprint density at radius 3 is 2.79 bits per heavy atom. The number of piperidine rings is 1. The van der Waals surface area contributed by atoms with Gasteiger partial charge in [0.2, 0.25) is 0 Å². The average molecular weight is 410 g/mol. The number of rotatable bonds is 5. The summed E-state index contributed by atoms with van der Waals surface area (Å²) >= 11 is 1.54. The van der Waals surface area contributed by atoms with Crippen LogP contribution in [0.25, 0.3) is 10.4 Å². The van der Waals surface area contributed by atoms with Crippen LogP contribution in [0.3, 0.4) is 0 Å². The lowest BCUT2D eigenvalue weighted by molar-refractivity contribution is 0.0596. The molecule has 29 heavy (non-hydrogen) atoms. The third kappa shape index (κ3) is 4.24. The van der Waals surface area contributed by atoms with Crippen LogP contribution < -0.4 is 5.32 Å². The lowest BCUT2D eigenvalue weighted by atomic mass is 10.0. The second kappa shape index (κ2) is 8.61. The van der Waals surface area contributed by atoms with Crippen molar-refractivity contribution in [3.8, 4) is 10.4 Å². The minimum atomic E-state index is -0.262. The van der Waals surface area contributed by atoms with Gasteiger partial charge in [-0.25, -0.2) is 4.98 Å². The fraction of sp³-hybridized carbons (Fsp3) is 0.318. The Labute approximate surface area is 173 Å². The van der Waals surface area contributed by atoms with Crippen molar-refractivity contribution in [3.05, 3.63) is 65.2 Å². The number of aryl methyl sites for hydroxylation is 1. The number of likely N-dealkylation sites (tertiary alicyclic amines) is 1. The maximum absolute atomic E-state index is 13.4. The van der Waals surface area contributed by atoms with E-state index in [0.29, 0.717) is 18.8 Å². The normalized spacial score (nSPS) is 16.6. The number of carbonyl (C=O) groups is 2. The number of amides is 2. The first-order valence-corrected chi connectivity index (χ1v) is 10.6. The lowest BCUT2D eigenvalue weighted by Gasteiger charge is -2.35. The summed E-state index contributed by atoms with van der Waals surface area (Å²) in [6.07, 6.45) is 4.32. The summed E-state index contributed by atoms with van der Waals surface area (Å²) in [5.74, 6) is -0.0484. The quantitative estimate of drug-likeness (QED) is 0.687. The Hall–Kier alpha value is -2.93. The van der Waals surface area contributed by atoms with Gasteiger partial charge in [0.15, 0.2) is 5.76 Å². The molecular weight excluding hydrogens is 386 g/mol. The summed E-state index contributed by atoms with van der Waals surface area (Å²) in [6.45, 7) is 2.99. The van der Waals surface area contributed by atoms with E-state index in [-0.39, 0.29) is 23.6 Å². The topological polar surface area (TPSA) is 75.4 Å². The fourth-order valence-corrected chi connectivity index (χ4v) is 4.59. The molecule has 2 aromatic heterocycles. The van der Waals surface area contributed by atoms with Crippen LogP contribution in [-0.2, 0) is 0 Å². The number of carbonyl (C=O) groups excluding carboxylic acids is 2. The molecule has 3 heterocycles. The van der Waals surface area contributed by atoms with Gasteiger partial charge >= 0.3 is 0 Å². The molecule has 1 N–H and O–H groups in total. The summed E-state index contributed by atoms with van der Waals surface area (Å²) in [5, 5.41) is 3.77. The Kier molecular flexibility index (Phi) is 5.76. The molecule has 1 saturated heterocycles. The van der Waals surface area contributed by atoms with E-state index >= 15 is 0 Å². The van der Waals surface area contributed by atoms with Crippen molar-refractivity contribution in [1.29, 1.82) is 0 Å². The molecule has 6 nitrogen and oxygen atoms in total. The number of furan rings is 1. The second-order valence-corrected chi connectivity index (χ2v) is 8.32. The van der Waals surface area contributed by atoms with Gasteiger partial charge in [0.1, 0.15) is 5.69 Å². The molecule has 0 saturated carbocycles. The van der Waals surface area contributed by atoms with Crippen molar-refractivity contribution < 1.29 is 14.0 Å². The summed E-state index contributed by atoms with van der Waals surface area (Å²) in [7, 11) is 0. The first-order chi connectivity index (χ1) is 14.1. The van der Waals surface area contributed by atoms with Gasteiger partial charge in [-0.3, -0.25) is 9.59 Å². The van der Waals surface area contributed by atoms with E-state index in [4.69, 9.17) is 4.42 Å². The van der Waals surface area contributed by atoms with Crippen LogP contribution in [0.1, 0.15) is 45.3 Å². The third-order valence-electron chi connectivity index (χ3n) is 5.10. The molecule has 1 aliphatic heterocycles. The van der Waals surface area contributed by atoms with E-state index in [2.05, 4.69) is 10.3 Å². The highest BCUT2D eigenvalue weighted by molar-refractivity contribution is 7.15. The predicted octanol–water partition coefficient (Wildman–Crippen LogP) is 4.14. The van der Waals surface area contributed by atoms with E-state index in [0.717, 1.165) is 34.7 Å². The Morgan fingerprint density at radius 1 is 1.21 bits per heavy atom. The molecule has 0 radical (unpaired) electrons. The van der Waals surface area contributed by atoms with Gasteiger partial charge in [0.05, 0.1) is 16.1 Å². The summed E-state index contributed by atoms with van der Waals surface area (Å²) in [5.41, 5.74) is 1.50. The minimum absolute atomic E-state index is 0.0548.